The molecule has 1 aromatic rings. The maximum absolute atomic E-state index is 11.9. The van der Waals surface area contributed by atoms with Gasteiger partial charge in [-0.05, 0) is 24.3 Å². The summed E-state index contributed by atoms with van der Waals surface area (Å²) in [6.07, 6.45) is 2.46. The van der Waals surface area contributed by atoms with E-state index in [0.717, 1.165) is 19.4 Å². The molecule has 92 valence electrons. The Morgan fingerprint density at radius 2 is 2.53 bits per heavy atom. The number of thiophene rings is 1. The van der Waals surface area contributed by atoms with Gasteiger partial charge in [-0.3, -0.25) is 10.1 Å². The number of carbonyl (C=O) groups is 1. The summed E-state index contributed by atoms with van der Waals surface area (Å²) in [7, 11) is 0. The third-order valence-electron chi connectivity index (χ3n) is 3.32. The summed E-state index contributed by atoms with van der Waals surface area (Å²) in [5.41, 5.74) is 0. The van der Waals surface area contributed by atoms with Gasteiger partial charge in [0.2, 0.25) is 5.91 Å². The maximum Gasteiger partial charge on any atom is 0.238 e. The van der Waals surface area contributed by atoms with Crippen LogP contribution in [0.3, 0.4) is 0 Å². The van der Waals surface area contributed by atoms with Gasteiger partial charge in [0.25, 0.3) is 0 Å². The van der Waals surface area contributed by atoms with Gasteiger partial charge in [0.15, 0.2) is 0 Å². The number of hydrogen-bond donors (Lipinski definition) is 1. The molecule has 1 aromatic heterocycles. The number of amides is 1. The van der Waals surface area contributed by atoms with Crippen LogP contribution in [-0.2, 0) is 9.53 Å². The molecular formula is C12H16N2O2S. The molecule has 2 atom stereocenters. The molecule has 5 heteroatoms. The molecule has 2 aliphatic rings. The fraction of sp³-hybridized carbons (Fsp3) is 0.583. The van der Waals surface area contributed by atoms with E-state index in [2.05, 4.69) is 11.4 Å². The molecule has 4 nitrogen and oxygen atoms in total. The minimum absolute atomic E-state index is 0.0479. The quantitative estimate of drug-likeness (QED) is 0.883. The van der Waals surface area contributed by atoms with E-state index in [1.165, 1.54) is 4.88 Å². The van der Waals surface area contributed by atoms with Gasteiger partial charge in [0.1, 0.15) is 6.17 Å². The molecule has 17 heavy (non-hydrogen) atoms. The molecule has 2 saturated heterocycles. The van der Waals surface area contributed by atoms with Crippen molar-refractivity contribution in [3.05, 3.63) is 22.4 Å². The monoisotopic (exact) mass is 252 g/mol. The van der Waals surface area contributed by atoms with Crippen LogP contribution >= 0.6 is 11.3 Å². The number of nitrogens with zero attached hydrogens (tertiary/aromatic N) is 1. The maximum atomic E-state index is 11.9. The highest BCUT2D eigenvalue weighted by Gasteiger charge is 2.34. The summed E-state index contributed by atoms with van der Waals surface area (Å²) >= 11 is 1.69. The molecule has 0 spiro atoms. The van der Waals surface area contributed by atoms with E-state index >= 15 is 0 Å². The van der Waals surface area contributed by atoms with Crippen LogP contribution in [0.2, 0.25) is 0 Å². The molecule has 0 aromatic carbocycles. The van der Waals surface area contributed by atoms with E-state index in [1.807, 2.05) is 16.3 Å². The van der Waals surface area contributed by atoms with Gasteiger partial charge >= 0.3 is 0 Å². The van der Waals surface area contributed by atoms with Crippen LogP contribution in [0.25, 0.3) is 0 Å². The van der Waals surface area contributed by atoms with E-state index in [0.29, 0.717) is 13.1 Å². The predicted molar refractivity (Wildman–Crippen MR) is 65.7 cm³/mol. The number of carbonyl (C=O) groups excluding carboxylic acids is 1. The Labute approximate surface area is 105 Å². The summed E-state index contributed by atoms with van der Waals surface area (Å²) in [5.74, 6) is 0.180. The Morgan fingerprint density at radius 1 is 1.59 bits per heavy atom. The zero-order chi connectivity index (χ0) is 11.7. The Kier molecular flexibility index (Phi) is 3.13. The van der Waals surface area contributed by atoms with Crippen LogP contribution in [0.15, 0.2) is 17.5 Å². The molecule has 2 fully saturated rings. The first-order chi connectivity index (χ1) is 8.34. The van der Waals surface area contributed by atoms with Crippen LogP contribution in [0.4, 0.5) is 0 Å². The minimum atomic E-state index is 0.0479. The molecular weight excluding hydrogens is 236 g/mol. The van der Waals surface area contributed by atoms with Crippen LogP contribution in [-0.4, -0.2) is 36.6 Å². The van der Waals surface area contributed by atoms with E-state index in [-0.39, 0.29) is 18.2 Å². The van der Waals surface area contributed by atoms with E-state index in [4.69, 9.17) is 4.74 Å². The third kappa shape index (κ3) is 2.22. The lowest BCUT2D eigenvalue weighted by molar-refractivity contribution is -0.129. The lowest BCUT2D eigenvalue weighted by atomic mass is 10.2. The summed E-state index contributed by atoms with van der Waals surface area (Å²) in [4.78, 5) is 15.0. The Hall–Kier alpha value is -0.910. The summed E-state index contributed by atoms with van der Waals surface area (Å²) in [5, 5.41) is 5.31. The molecule has 3 heterocycles. The van der Waals surface area contributed by atoms with Crippen LogP contribution in [0.5, 0.6) is 0 Å². The van der Waals surface area contributed by atoms with Crippen molar-refractivity contribution in [1.82, 2.24) is 10.2 Å². The van der Waals surface area contributed by atoms with Crippen LogP contribution < -0.4 is 5.32 Å². The van der Waals surface area contributed by atoms with E-state index < -0.39 is 0 Å². The van der Waals surface area contributed by atoms with E-state index in [1.54, 1.807) is 11.3 Å². The normalized spacial score (nSPS) is 29.2. The Balaban J connectivity index is 1.72. The number of nitrogens with one attached hydrogen (secondary N) is 1. The first-order valence-electron chi connectivity index (χ1n) is 6.02. The van der Waals surface area contributed by atoms with Crippen LogP contribution in [0.1, 0.15) is 23.9 Å². The zero-order valence-electron chi connectivity index (χ0n) is 9.59. The lowest BCUT2D eigenvalue weighted by Gasteiger charge is -2.25. The second kappa shape index (κ2) is 4.76. The first kappa shape index (κ1) is 11.2. The predicted octanol–water partition coefficient (Wildman–Crippen LogP) is 1.36. The number of ether oxygens (including phenoxy) is 1. The second-order valence-corrected chi connectivity index (χ2v) is 5.46. The highest BCUT2D eigenvalue weighted by molar-refractivity contribution is 7.10. The SMILES string of the molecule is O=C1CNC(c2cccs2)N1CC1CCCO1. The molecule has 1 amide bonds. The average molecular weight is 252 g/mol. The van der Waals surface area contributed by atoms with Gasteiger partial charge in [0.05, 0.1) is 12.6 Å². The van der Waals surface area contributed by atoms with Crippen molar-refractivity contribution < 1.29 is 9.53 Å². The van der Waals surface area contributed by atoms with Crippen LogP contribution in [0, 0.1) is 0 Å². The van der Waals surface area contributed by atoms with Crippen molar-refractivity contribution in [1.29, 1.82) is 0 Å². The van der Waals surface area contributed by atoms with Gasteiger partial charge in [-0.2, -0.15) is 0 Å². The largest absolute Gasteiger partial charge is 0.376 e. The van der Waals surface area contributed by atoms with Crippen molar-refractivity contribution in [2.75, 3.05) is 19.7 Å². The molecule has 0 aliphatic carbocycles. The molecule has 3 rings (SSSR count). The van der Waals surface area contributed by atoms with Gasteiger partial charge in [-0.25, -0.2) is 0 Å². The first-order valence-corrected chi connectivity index (χ1v) is 6.90. The van der Waals surface area contributed by atoms with Gasteiger partial charge in [-0.1, -0.05) is 6.07 Å². The summed E-state index contributed by atoms with van der Waals surface area (Å²) in [6.45, 7) is 1.99. The highest BCUT2D eigenvalue weighted by atomic mass is 32.1. The number of rotatable bonds is 3. The smallest absolute Gasteiger partial charge is 0.238 e. The number of hydrogen-bond acceptors (Lipinski definition) is 4. The Bertz CT molecular complexity index is 387. The summed E-state index contributed by atoms with van der Waals surface area (Å²) in [6, 6.07) is 4.10. The highest BCUT2D eigenvalue weighted by Crippen LogP contribution is 2.27. The minimum Gasteiger partial charge on any atom is -0.376 e. The summed E-state index contributed by atoms with van der Waals surface area (Å²) < 4.78 is 5.61. The zero-order valence-corrected chi connectivity index (χ0v) is 10.4. The van der Waals surface area contributed by atoms with Crippen molar-refractivity contribution >= 4 is 17.2 Å². The lowest BCUT2D eigenvalue weighted by Crippen LogP contribution is -2.36. The van der Waals surface area contributed by atoms with Gasteiger partial charge in [0, 0.05) is 18.0 Å². The third-order valence-corrected chi connectivity index (χ3v) is 4.24. The van der Waals surface area contributed by atoms with Crippen molar-refractivity contribution in [2.24, 2.45) is 0 Å². The van der Waals surface area contributed by atoms with Crippen molar-refractivity contribution in [2.45, 2.75) is 25.1 Å². The molecule has 0 bridgehead atoms. The van der Waals surface area contributed by atoms with E-state index in [9.17, 15) is 4.79 Å². The molecule has 0 saturated carbocycles. The van der Waals surface area contributed by atoms with Gasteiger partial charge < -0.3 is 9.64 Å². The fourth-order valence-electron chi connectivity index (χ4n) is 2.46. The fourth-order valence-corrected chi connectivity index (χ4v) is 3.27. The average Bonchev–Trinajstić information content (AvgIpc) is 3.03. The Morgan fingerprint density at radius 3 is 3.24 bits per heavy atom. The van der Waals surface area contributed by atoms with Crippen molar-refractivity contribution in [3.8, 4) is 0 Å². The molecule has 1 N–H and O–H groups in total. The van der Waals surface area contributed by atoms with Crippen molar-refractivity contribution in [3.63, 3.8) is 0 Å². The second-order valence-electron chi connectivity index (χ2n) is 4.48. The van der Waals surface area contributed by atoms with Gasteiger partial charge in [-0.15, -0.1) is 11.3 Å². The molecule has 0 radical (unpaired) electrons. The molecule has 2 aliphatic heterocycles. The topological polar surface area (TPSA) is 41.6 Å². The molecule has 2 unspecified atom stereocenters. The standard InChI is InChI=1S/C12H16N2O2S/c15-11-7-13-12(10-4-2-6-17-10)14(11)8-9-3-1-5-16-9/h2,4,6,9,12-13H,1,3,5,7-8H2.